The molecule has 4 N–H and O–H groups in total. The molecule has 0 fully saturated rings. The summed E-state index contributed by atoms with van der Waals surface area (Å²) >= 11 is 0. The van der Waals surface area contributed by atoms with E-state index in [1.807, 2.05) is 0 Å². The van der Waals surface area contributed by atoms with Gasteiger partial charge in [-0.3, -0.25) is 0 Å². The quantitative estimate of drug-likeness (QED) is 0.311. The molecule has 0 aliphatic carbocycles. The highest BCUT2D eigenvalue weighted by molar-refractivity contribution is 5.87. The predicted molar refractivity (Wildman–Crippen MR) is 66.0 cm³/mol. The molecule has 1 rings (SSSR count). The summed E-state index contributed by atoms with van der Waals surface area (Å²) in [4.78, 5) is 0. The molecule has 0 spiro atoms. The Morgan fingerprint density at radius 2 is 1.82 bits per heavy atom. The molecule has 0 radical (unpaired) electrons. The van der Waals surface area contributed by atoms with E-state index in [0.717, 1.165) is 5.69 Å². The summed E-state index contributed by atoms with van der Waals surface area (Å²) in [6, 6.07) is 5.06. The number of nitrogens with one attached hydrogen (secondary N) is 1. The van der Waals surface area contributed by atoms with Crippen LogP contribution in [0.5, 0.6) is 11.5 Å². The van der Waals surface area contributed by atoms with Gasteiger partial charge in [-0.2, -0.15) is 0 Å². The van der Waals surface area contributed by atoms with Gasteiger partial charge in [-0.15, -0.1) is 0 Å². The number of nitrogens with two attached hydrogens (primary N) is 1. The first-order valence-corrected chi connectivity index (χ1v) is 5.07. The first-order valence-electron chi connectivity index (χ1n) is 5.07. The Morgan fingerprint density at radius 3 is 2.24 bits per heavy atom. The van der Waals surface area contributed by atoms with Crippen LogP contribution in [-0.4, -0.2) is 31.3 Å². The Balaban J connectivity index is 2.90. The summed E-state index contributed by atoms with van der Waals surface area (Å²) < 4.78 is 10.3. The molecule has 1 unspecified atom stereocenters. The molecule has 0 heterocycles. The molecular formula is C11H17N3O3. The molecular weight excluding hydrogens is 222 g/mol. The summed E-state index contributed by atoms with van der Waals surface area (Å²) in [5.41, 5.74) is 6.24. The summed E-state index contributed by atoms with van der Waals surface area (Å²) in [5, 5.41) is 14.6. The number of hydrogen-bond donors (Lipinski definition) is 3. The van der Waals surface area contributed by atoms with Crippen LogP contribution in [0.25, 0.3) is 0 Å². The van der Waals surface area contributed by atoms with Crippen LogP contribution in [0, 0.1) is 0 Å². The van der Waals surface area contributed by atoms with Gasteiger partial charge in [0, 0.05) is 23.9 Å². The van der Waals surface area contributed by atoms with Crippen molar-refractivity contribution in [1.82, 2.24) is 0 Å². The fraction of sp³-hybridized carbons (Fsp3) is 0.364. The van der Waals surface area contributed by atoms with Crippen LogP contribution in [-0.2, 0) is 0 Å². The van der Waals surface area contributed by atoms with E-state index in [-0.39, 0.29) is 11.9 Å². The standard InChI is InChI=1S/C11H17N3O3/c1-7(11(12)14-15)13-8-4-9(16-2)6-10(5-8)17-3/h4-7,13,15H,1-3H3,(H2,12,14). The average Bonchev–Trinajstić information content (AvgIpc) is 2.36. The van der Waals surface area contributed by atoms with E-state index in [2.05, 4.69) is 10.5 Å². The minimum absolute atomic E-state index is 0.104. The van der Waals surface area contributed by atoms with E-state index in [0.29, 0.717) is 11.5 Å². The van der Waals surface area contributed by atoms with Crippen LogP contribution in [0.3, 0.4) is 0 Å². The van der Waals surface area contributed by atoms with Crippen molar-refractivity contribution in [2.75, 3.05) is 19.5 Å². The van der Waals surface area contributed by atoms with Gasteiger partial charge < -0.3 is 25.7 Å². The second-order valence-electron chi connectivity index (χ2n) is 3.49. The molecule has 0 bridgehead atoms. The maximum atomic E-state index is 8.56. The number of methoxy groups -OCH3 is 2. The Kier molecular flexibility index (Phi) is 4.45. The van der Waals surface area contributed by atoms with Gasteiger partial charge >= 0.3 is 0 Å². The van der Waals surface area contributed by atoms with E-state index in [1.54, 1.807) is 39.3 Å². The van der Waals surface area contributed by atoms with Crippen molar-refractivity contribution in [2.24, 2.45) is 10.9 Å². The van der Waals surface area contributed by atoms with Gasteiger partial charge in [0.2, 0.25) is 0 Å². The minimum atomic E-state index is -0.295. The number of benzene rings is 1. The van der Waals surface area contributed by atoms with Crippen molar-refractivity contribution in [3.63, 3.8) is 0 Å². The van der Waals surface area contributed by atoms with Crippen molar-refractivity contribution in [1.29, 1.82) is 0 Å². The second-order valence-corrected chi connectivity index (χ2v) is 3.49. The molecule has 0 amide bonds. The molecule has 6 heteroatoms. The van der Waals surface area contributed by atoms with E-state index < -0.39 is 0 Å². The maximum Gasteiger partial charge on any atom is 0.161 e. The van der Waals surface area contributed by atoms with E-state index in [1.165, 1.54) is 0 Å². The number of oxime groups is 1. The monoisotopic (exact) mass is 239 g/mol. The first-order chi connectivity index (χ1) is 8.10. The Morgan fingerprint density at radius 1 is 1.29 bits per heavy atom. The number of nitrogens with zero attached hydrogens (tertiary/aromatic N) is 1. The largest absolute Gasteiger partial charge is 0.497 e. The summed E-state index contributed by atoms with van der Waals surface area (Å²) in [7, 11) is 3.15. The van der Waals surface area contributed by atoms with Crippen molar-refractivity contribution in [3.05, 3.63) is 18.2 Å². The fourth-order valence-electron chi connectivity index (χ4n) is 1.30. The third-order valence-corrected chi connectivity index (χ3v) is 2.29. The molecule has 1 aromatic carbocycles. The molecule has 0 saturated heterocycles. The molecule has 0 aromatic heterocycles. The van der Waals surface area contributed by atoms with Crippen molar-refractivity contribution in [2.45, 2.75) is 13.0 Å². The van der Waals surface area contributed by atoms with E-state index in [4.69, 9.17) is 20.4 Å². The molecule has 6 nitrogen and oxygen atoms in total. The summed E-state index contributed by atoms with van der Waals surface area (Å²) in [6.07, 6.45) is 0. The first kappa shape index (κ1) is 13.0. The second kappa shape index (κ2) is 5.83. The molecule has 94 valence electrons. The highest BCUT2D eigenvalue weighted by Crippen LogP contribution is 2.26. The minimum Gasteiger partial charge on any atom is -0.497 e. The maximum absolute atomic E-state index is 8.56. The molecule has 1 aromatic rings. The van der Waals surface area contributed by atoms with Gasteiger partial charge in [0.1, 0.15) is 11.5 Å². The van der Waals surface area contributed by atoms with Crippen LogP contribution < -0.4 is 20.5 Å². The summed E-state index contributed by atoms with van der Waals surface area (Å²) in [5.74, 6) is 1.43. The van der Waals surface area contributed by atoms with Crippen LogP contribution in [0.1, 0.15) is 6.92 Å². The number of ether oxygens (including phenoxy) is 2. The number of rotatable bonds is 5. The highest BCUT2D eigenvalue weighted by atomic mass is 16.5. The molecule has 0 saturated carbocycles. The Hall–Kier alpha value is -2.11. The smallest absolute Gasteiger partial charge is 0.161 e. The lowest BCUT2D eigenvalue weighted by Crippen LogP contribution is -2.32. The van der Waals surface area contributed by atoms with Crippen molar-refractivity contribution in [3.8, 4) is 11.5 Å². The van der Waals surface area contributed by atoms with Crippen molar-refractivity contribution >= 4 is 11.5 Å². The van der Waals surface area contributed by atoms with Gasteiger partial charge in [-0.1, -0.05) is 5.16 Å². The van der Waals surface area contributed by atoms with Crippen molar-refractivity contribution < 1.29 is 14.7 Å². The number of hydrogen-bond acceptors (Lipinski definition) is 5. The SMILES string of the molecule is COc1cc(NC(C)C(N)=NO)cc(OC)c1. The third-order valence-electron chi connectivity index (χ3n) is 2.29. The Labute approximate surface area is 100 Å². The van der Waals surface area contributed by atoms with Crippen LogP contribution in [0.15, 0.2) is 23.4 Å². The lowest BCUT2D eigenvalue weighted by Gasteiger charge is -2.15. The predicted octanol–water partition coefficient (Wildman–Crippen LogP) is 1.25. The van der Waals surface area contributed by atoms with E-state index in [9.17, 15) is 0 Å². The average molecular weight is 239 g/mol. The van der Waals surface area contributed by atoms with Crippen LogP contribution in [0.2, 0.25) is 0 Å². The van der Waals surface area contributed by atoms with Crippen LogP contribution >= 0.6 is 0 Å². The van der Waals surface area contributed by atoms with Crippen LogP contribution in [0.4, 0.5) is 5.69 Å². The van der Waals surface area contributed by atoms with Gasteiger partial charge in [0.25, 0.3) is 0 Å². The normalized spacial score (nSPS) is 13.0. The number of anilines is 1. The molecule has 17 heavy (non-hydrogen) atoms. The zero-order valence-corrected chi connectivity index (χ0v) is 10.1. The highest BCUT2D eigenvalue weighted by Gasteiger charge is 2.09. The number of amidine groups is 1. The fourth-order valence-corrected chi connectivity index (χ4v) is 1.30. The van der Waals surface area contributed by atoms with E-state index >= 15 is 0 Å². The molecule has 1 atom stereocenters. The van der Waals surface area contributed by atoms with Gasteiger partial charge in [0.15, 0.2) is 5.84 Å². The lowest BCUT2D eigenvalue weighted by molar-refractivity contribution is 0.316. The molecule has 0 aliphatic rings. The van der Waals surface area contributed by atoms with Gasteiger partial charge in [-0.05, 0) is 6.92 Å². The zero-order valence-electron chi connectivity index (χ0n) is 10.1. The third kappa shape index (κ3) is 3.44. The molecule has 0 aliphatic heterocycles. The van der Waals surface area contributed by atoms with Gasteiger partial charge in [-0.25, -0.2) is 0 Å². The van der Waals surface area contributed by atoms with Gasteiger partial charge in [0.05, 0.1) is 20.3 Å². The Bertz CT molecular complexity index is 385. The lowest BCUT2D eigenvalue weighted by atomic mass is 10.2. The zero-order chi connectivity index (χ0) is 12.8. The summed E-state index contributed by atoms with van der Waals surface area (Å²) in [6.45, 7) is 1.78. The topological polar surface area (TPSA) is 89.1 Å².